The molecule has 2 aromatic rings. The Hall–Kier alpha value is -1.24. The van der Waals surface area contributed by atoms with Gasteiger partial charge in [-0.1, -0.05) is 0 Å². The van der Waals surface area contributed by atoms with E-state index in [1.165, 1.54) is 12.3 Å². The van der Waals surface area contributed by atoms with Gasteiger partial charge in [0.1, 0.15) is 11.6 Å². The summed E-state index contributed by atoms with van der Waals surface area (Å²) in [5.74, 6) is 0.185. The van der Waals surface area contributed by atoms with E-state index in [-0.39, 0.29) is 11.4 Å². The predicted molar refractivity (Wildman–Crippen MR) is 67.7 cm³/mol. The summed E-state index contributed by atoms with van der Waals surface area (Å²) in [6.07, 6.45) is 1.49. The van der Waals surface area contributed by atoms with Crippen molar-refractivity contribution in [2.45, 2.75) is 6.92 Å². The summed E-state index contributed by atoms with van der Waals surface area (Å²) < 4.78 is 13.6. The number of aryl methyl sites for hydroxylation is 1. The Morgan fingerprint density at radius 1 is 1.44 bits per heavy atom. The lowest BCUT2D eigenvalue weighted by atomic mass is 10.1. The summed E-state index contributed by atoms with van der Waals surface area (Å²) in [6.45, 7) is 1.67. The third kappa shape index (κ3) is 2.13. The van der Waals surface area contributed by atoms with Crippen LogP contribution in [-0.4, -0.2) is 9.97 Å². The van der Waals surface area contributed by atoms with E-state index in [2.05, 4.69) is 9.97 Å². The summed E-state index contributed by atoms with van der Waals surface area (Å²) in [4.78, 5) is 18.1. The molecule has 0 amide bonds. The molecule has 5 heteroatoms. The zero-order valence-electron chi connectivity index (χ0n) is 8.42. The maximum Gasteiger partial charge on any atom is 0.264 e. The van der Waals surface area contributed by atoms with Crippen LogP contribution in [0, 0.1) is 16.3 Å². The van der Waals surface area contributed by atoms with E-state index in [1.54, 1.807) is 19.1 Å². The fourth-order valence-corrected chi connectivity index (χ4v) is 1.59. The molecule has 3 nitrogen and oxygen atoms in total. The number of aromatic nitrogens is 2. The van der Waals surface area contributed by atoms with Crippen LogP contribution < -0.4 is 5.56 Å². The minimum absolute atomic E-state index is 0.187. The van der Waals surface area contributed by atoms with Crippen LogP contribution in [0.5, 0.6) is 0 Å². The number of hydrogen-bond donors (Lipinski definition) is 1. The van der Waals surface area contributed by atoms with E-state index in [9.17, 15) is 9.18 Å². The normalized spacial score (nSPS) is 10.4. The Labute approximate surface area is 105 Å². The third-order valence-electron chi connectivity index (χ3n) is 2.19. The van der Waals surface area contributed by atoms with Crippen LogP contribution >= 0.6 is 22.6 Å². The number of rotatable bonds is 1. The van der Waals surface area contributed by atoms with Crippen molar-refractivity contribution in [3.63, 3.8) is 0 Å². The van der Waals surface area contributed by atoms with Crippen molar-refractivity contribution < 1.29 is 4.39 Å². The molecule has 0 aliphatic carbocycles. The molecule has 1 aromatic carbocycles. The zero-order valence-corrected chi connectivity index (χ0v) is 10.6. The number of aromatic amines is 1. The fourth-order valence-electron chi connectivity index (χ4n) is 1.32. The maximum absolute atomic E-state index is 13.1. The quantitative estimate of drug-likeness (QED) is 0.817. The lowest BCUT2D eigenvalue weighted by Gasteiger charge is -2.02. The van der Waals surface area contributed by atoms with E-state index in [0.29, 0.717) is 20.5 Å². The van der Waals surface area contributed by atoms with E-state index in [4.69, 9.17) is 0 Å². The molecule has 1 N–H and O–H groups in total. The molecule has 0 radical (unpaired) electrons. The molecule has 0 spiro atoms. The smallest absolute Gasteiger partial charge is 0.264 e. The molecule has 0 fully saturated rings. The second-order valence-electron chi connectivity index (χ2n) is 3.37. The summed E-state index contributed by atoms with van der Waals surface area (Å²) in [6, 6.07) is 4.61. The van der Waals surface area contributed by atoms with Crippen LogP contribution in [0.2, 0.25) is 0 Å². The summed E-state index contributed by atoms with van der Waals surface area (Å²) in [5.41, 5.74) is 1.04. The highest BCUT2D eigenvalue weighted by Crippen LogP contribution is 2.17. The fraction of sp³-hybridized carbons (Fsp3) is 0.0909. The summed E-state index contributed by atoms with van der Waals surface area (Å²) in [5, 5.41) is 0. The van der Waals surface area contributed by atoms with Crippen molar-refractivity contribution in [2.75, 3.05) is 0 Å². The van der Waals surface area contributed by atoms with Crippen molar-refractivity contribution >= 4 is 22.6 Å². The first-order valence-corrected chi connectivity index (χ1v) is 5.67. The Balaban J connectivity index is 2.55. The first-order chi connectivity index (χ1) is 7.58. The summed E-state index contributed by atoms with van der Waals surface area (Å²) in [7, 11) is 0. The van der Waals surface area contributed by atoms with Crippen molar-refractivity contribution in [2.24, 2.45) is 0 Å². The average molecular weight is 330 g/mol. The number of nitrogens with one attached hydrogen (secondary N) is 1. The van der Waals surface area contributed by atoms with Gasteiger partial charge in [-0.15, -0.1) is 0 Å². The monoisotopic (exact) mass is 330 g/mol. The molecule has 82 valence electrons. The Bertz CT molecular complexity index is 595. The van der Waals surface area contributed by atoms with Crippen molar-refractivity contribution in [1.82, 2.24) is 9.97 Å². The van der Waals surface area contributed by atoms with Crippen LogP contribution in [0.1, 0.15) is 5.56 Å². The largest absolute Gasteiger partial charge is 0.306 e. The van der Waals surface area contributed by atoms with Gasteiger partial charge in [0.2, 0.25) is 0 Å². The highest BCUT2D eigenvalue weighted by atomic mass is 127. The van der Waals surface area contributed by atoms with Crippen LogP contribution in [0.15, 0.2) is 29.2 Å². The van der Waals surface area contributed by atoms with Crippen molar-refractivity contribution in [3.8, 4) is 11.4 Å². The molecule has 0 saturated heterocycles. The maximum atomic E-state index is 13.1. The van der Waals surface area contributed by atoms with Gasteiger partial charge in [0.25, 0.3) is 5.56 Å². The van der Waals surface area contributed by atoms with Gasteiger partial charge in [-0.25, -0.2) is 9.37 Å². The lowest BCUT2D eigenvalue weighted by molar-refractivity contribution is 0.618. The molecule has 1 heterocycles. The molecule has 0 bridgehead atoms. The van der Waals surface area contributed by atoms with Gasteiger partial charge >= 0.3 is 0 Å². The molecule has 0 aliphatic heterocycles. The molecule has 2 rings (SSSR count). The van der Waals surface area contributed by atoms with E-state index in [0.717, 1.165) is 0 Å². The predicted octanol–water partition coefficient (Wildman–Crippen LogP) is 2.49. The third-order valence-corrected chi connectivity index (χ3v) is 2.96. The first-order valence-electron chi connectivity index (χ1n) is 4.59. The standard InChI is InChI=1S/C11H8FIN2O/c1-6-4-7(2-3-8(6)12)10-14-5-9(13)11(16)15-10/h2-5H,1H3,(H,14,15,16). The van der Waals surface area contributed by atoms with Gasteiger partial charge in [-0.3, -0.25) is 4.79 Å². The molecular formula is C11H8FIN2O. The SMILES string of the molecule is Cc1cc(-c2ncc(I)c(=O)[nH]2)ccc1F. The van der Waals surface area contributed by atoms with Gasteiger partial charge < -0.3 is 4.98 Å². The Morgan fingerprint density at radius 2 is 2.19 bits per heavy atom. The van der Waals surface area contributed by atoms with Crippen LogP contribution in [0.25, 0.3) is 11.4 Å². The Morgan fingerprint density at radius 3 is 2.81 bits per heavy atom. The number of hydrogen-bond acceptors (Lipinski definition) is 2. The second kappa shape index (κ2) is 4.32. The minimum Gasteiger partial charge on any atom is -0.306 e. The molecule has 0 saturated carbocycles. The van der Waals surface area contributed by atoms with Gasteiger partial charge in [0, 0.05) is 11.8 Å². The Kier molecular flexibility index (Phi) is 3.04. The molecule has 0 atom stereocenters. The van der Waals surface area contributed by atoms with E-state index in [1.807, 2.05) is 22.6 Å². The molecule has 0 aliphatic rings. The zero-order chi connectivity index (χ0) is 11.7. The topological polar surface area (TPSA) is 45.8 Å². The number of H-pyrrole nitrogens is 1. The molecule has 1 aromatic heterocycles. The van der Waals surface area contributed by atoms with Crippen LogP contribution in [-0.2, 0) is 0 Å². The van der Waals surface area contributed by atoms with Crippen molar-refractivity contribution in [1.29, 1.82) is 0 Å². The average Bonchev–Trinajstić information content (AvgIpc) is 2.26. The van der Waals surface area contributed by atoms with Gasteiger partial charge in [-0.2, -0.15) is 0 Å². The van der Waals surface area contributed by atoms with E-state index >= 15 is 0 Å². The molecule has 16 heavy (non-hydrogen) atoms. The highest BCUT2D eigenvalue weighted by molar-refractivity contribution is 14.1. The molecular weight excluding hydrogens is 322 g/mol. The minimum atomic E-state index is -0.267. The number of nitrogens with zero attached hydrogens (tertiary/aromatic N) is 1. The van der Waals surface area contributed by atoms with Crippen LogP contribution in [0.3, 0.4) is 0 Å². The van der Waals surface area contributed by atoms with Gasteiger partial charge in [-0.05, 0) is 53.3 Å². The first kappa shape index (κ1) is 11.3. The highest BCUT2D eigenvalue weighted by Gasteiger charge is 2.04. The van der Waals surface area contributed by atoms with Gasteiger partial charge in [0.05, 0.1) is 3.57 Å². The number of halogens is 2. The lowest BCUT2D eigenvalue weighted by Crippen LogP contribution is -2.11. The van der Waals surface area contributed by atoms with Gasteiger partial charge in [0.15, 0.2) is 0 Å². The van der Waals surface area contributed by atoms with Crippen molar-refractivity contribution in [3.05, 3.63) is 49.7 Å². The molecule has 0 unspecified atom stereocenters. The van der Waals surface area contributed by atoms with Crippen LogP contribution in [0.4, 0.5) is 4.39 Å². The second-order valence-corrected chi connectivity index (χ2v) is 4.54. The summed E-state index contributed by atoms with van der Waals surface area (Å²) >= 11 is 1.91. The van der Waals surface area contributed by atoms with E-state index < -0.39 is 0 Å². The number of benzene rings is 1.